The lowest BCUT2D eigenvalue weighted by atomic mass is 10.2. The van der Waals surface area contributed by atoms with Crippen LogP contribution in [0.5, 0.6) is 0 Å². The number of aryl methyl sites for hydroxylation is 2. The summed E-state index contributed by atoms with van der Waals surface area (Å²) < 4.78 is 26.0. The zero-order valence-electron chi connectivity index (χ0n) is 11.2. The molecule has 0 spiro atoms. The van der Waals surface area contributed by atoms with Crippen molar-refractivity contribution in [3.63, 3.8) is 0 Å². The summed E-state index contributed by atoms with van der Waals surface area (Å²) in [4.78, 5) is 11.9. The van der Waals surface area contributed by atoms with Crippen LogP contribution in [0.25, 0.3) is 0 Å². The molecule has 0 unspecified atom stereocenters. The van der Waals surface area contributed by atoms with E-state index in [0.29, 0.717) is 17.8 Å². The van der Waals surface area contributed by atoms with Crippen LogP contribution in [0.4, 0.5) is 5.69 Å². The van der Waals surface area contributed by atoms with E-state index in [1.54, 1.807) is 7.05 Å². The molecule has 8 nitrogen and oxygen atoms in total. The lowest BCUT2D eigenvalue weighted by molar-refractivity contribution is 0.0947. The summed E-state index contributed by atoms with van der Waals surface area (Å²) in [7, 11) is -0.392. The van der Waals surface area contributed by atoms with E-state index in [0.717, 1.165) is 0 Å². The standard InChI is InChI=1S/C10H19N5O3S/c1-4-7-8(11)9(15(3)14-7)10(16)13-5-6-19(17,18)12-2/h12H,4-6,11H2,1-3H3,(H,13,16). The number of hydrogen-bond acceptors (Lipinski definition) is 5. The molecule has 9 heteroatoms. The molecular weight excluding hydrogens is 270 g/mol. The van der Waals surface area contributed by atoms with Crippen LogP contribution in [0.1, 0.15) is 23.1 Å². The summed E-state index contributed by atoms with van der Waals surface area (Å²) in [6.45, 7) is 1.90. The number of nitrogens with one attached hydrogen (secondary N) is 2. The van der Waals surface area contributed by atoms with E-state index in [1.807, 2.05) is 6.92 Å². The van der Waals surface area contributed by atoms with Crippen LogP contribution in [-0.4, -0.2) is 43.5 Å². The van der Waals surface area contributed by atoms with E-state index >= 15 is 0 Å². The van der Waals surface area contributed by atoms with E-state index in [-0.39, 0.29) is 18.0 Å². The van der Waals surface area contributed by atoms with Crippen LogP contribution in [0.15, 0.2) is 0 Å². The van der Waals surface area contributed by atoms with E-state index in [9.17, 15) is 13.2 Å². The number of aromatic nitrogens is 2. The highest BCUT2D eigenvalue weighted by molar-refractivity contribution is 7.89. The summed E-state index contributed by atoms with van der Waals surface area (Å²) in [6, 6.07) is 0. The van der Waals surface area contributed by atoms with Crippen molar-refractivity contribution in [3.05, 3.63) is 11.4 Å². The number of nitrogens with two attached hydrogens (primary N) is 1. The number of sulfonamides is 1. The number of carbonyl (C=O) groups excluding carboxylic acids is 1. The van der Waals surface area contributed by atoms with Crippen molar-refractivity contribution >= 4 is 21.6 Å². The van der Waals surface area contributed by atoms with Gasteiger partial charge >= 0.3 is 0 Å². The maximum Gasteiger partial charge on any atom is 0.271 e. The molecule has 0 saturated carbocycles. The van der Waals surface area contributed by atoms with Crippen molar-refractivity contribution in [2.75, 3.05) is 25.1 Å². The molecule has 108 valence electrons. The number of amides is 1. The van der Waals surface area contributed by atoms with Crippen LogP contribution in [-0.2, 0) is 23.5 Å². The fourth-order valence-electron chi connectivity index (χ4n) is 1.61. The number of rotatable bonds is 6. The molecule has 0 aliphatic heterocycles. The third-order valence-electron chi connectivity index (χ3n) is 2.68. The molecule has 0 aromatic carbocycles. The Hall–Kier alpha value is -1.61. The molecule has 4 N–H and O–H groups in total. The molecule has 1 amide bonds. The van der Waals surface area contributed by atoms with Crippen LogP contribution >= 0.6 is 0 Å². The lowest BCUT2D eigenvalue weighted by Gasteiger charge is -2.06. The van der Waals surface area contributed by atoms with Crippen molar-refractivity contribution in [2.45, 2.75) is 13.3 Å². The molecule has 0 saturated heterocycles. The van der Waals surface area contributed by atoms with Gasteiger partial charge in [-0.25, -0.2) is 13.1 Å². The first-order valence-corrected chi connectivity index (χ1v) is 7.48. The first-order valence-electron chi connectivity index (χ1n) is 5.83. The van der Waals surface area contributed by atoms with Crippen LogP contribution in [0.3, 0.4) is 0 Å². The third kappa shape index (κ3) is 3.67. The zero-order valence-corrected chi connectivity index (χ0v) is 12.0. The summed E-state index contributed by atoms with van der Waals surface area (Å²) in [5.41, 5.74) is 7.05. The molecule has 1 aromatic heterocycles. The van der Waals surface area contributed by atoms with Crippen LogP contribution in [0, 0.1) is 0 Å². The predicted octanol–water partition coefficient (Wildman–Crippen LogP) is -1.16. The van der Waals surface area contributed by atoms with Crippen LogP contribution < -0.4 is 15.8 Å². The van der Waals surface area contributed by atoms with E-state index in [2.05, 4.69) is 15.1 Å². The van der Waals surface area contributed by atoms with Gasteiger partial charge in [0.25, 0.3) is 5.91 Å². The fourth-order valence-corrected chi connectivity index (χ4v) is 2.19. The molecular formula is C10H19N5O3S. The van der Waals surface area contributed by atoms with E-state index in [1.165, 1.54) is 11.7 Å². The average molecular weight is 289 g/mol. The highest BCUT2D eigenvalue weighted by atomic mass is 32.2. The second kappa shape index (κ2) is 6.02. The van der Waals surface area contributed by atoms with Gasteiger partial charge in [0.05, 0.1) is 17.1 Å². The van der Waals surface area contributed by atoms with E-state index in [4.69, 9.17) is 5.73 Å². The second-order valence-corrected chi connectivity index (χ2v) is 6.01. The monoisotopic (exact) mass is 289 g/mol. The zero-order chi connectivity index (χ0) is 14.6. The Labute approximate surface area is 112 Å². The Morgan fingerprint density at radius 3 is 2.58 bits per heavy atom. The van der Waals surface area contributed by atoms with Crippen molar-refractivity contribution < 1.29 is 13.2 Å². The number of carbonyl (C=O) groups is 1. The van der Waals surface area contributed by atoms with Gasteiger partial charge in [0.15, 0.2) is 0 Å². The van der Waals surface area contributed by atoms with Crippen molar-refractivity contribution in [1.82, 2.24) is 19.8 Å². The smallest absolute Gasteiger partial charge is 0.271 e. The normalized spacial score (nSPS) is 11.5. The molecule has 19 heavy (non-hydrogen) atoms. The molecule has 1 aromatic rings. The largest absolute Gasteiger partial charge is 0.395 e. The van der Waals surface area contributed by atoms with Gasteiger partial charge in [0, 0.05) is 13.6 Å². The fraction of sp³-hybridized carbons (Fsp3) is 0.600. The highest BCUT2D eigenvalue weighted by Crippen LogP contribution is 2.16. The predicted molar refractivity (Wildman–Crippen MR) is 72.2 cm³/mol. The number of nitrogen functional groups attached to an aromatic ring is 1. The maximum absolute atomic E-state index is 11.9. The van der Waals surface area contributed by atoms with Gasteiger partial charge in [-0.15, -0.1) is 0 Å². The maximum atomic E-state index is 11.9. The molecule has 0 atom stereocenters. The Bertz CT molecular complexity index is 564. The summed E-state index contributed by atoms with van der Waals surface area (Å²) >= 11 is 0. The van der Waals surface area contributed by atoms with Gasteiger partial charge in [-0.3, -0.25) is 9.48 Å². The molecule has 1 heterocycles. The number of anilines is 1. The summed E-state index contributed by atoms with van der Waals surface area (Å²) in [5, 5.41) is 6.63. The van der Waals surface area contributed by atoms with Crippen LogP contribution in [0.2, 0.25) is 0 Å². The number of nitrogens with zero attached hydrogens (tertiary/aromatic N) is 2. The molecule has 0 aliphatic rings. The molecule has 0 fully saturated rings. The summed E-state index contributed by atoms with van der Waals surface area (Å²) in [5.74, 6) is -0.619. The average Bonchev–Trinajstić information content (AvgIpc) is 2.64. The topological polar surface area (TPSA) is 119 Å². The molecule has 1 rings (SSSR count). The first kappa shape index (κ1) is 15.4. The van der Waals surface area contributed by atoms with Crippen molar-refractivity contribution in [3.8, 4) is 0 Å². The van der Waals surface area contributed by atoms with Gasteiger partial charge in [0.2, 0.25) is 10.0 Å². The highest BCUT2D eigenvalue weighted by Gasteiger charge is 2.19. The Morgan fingerprint density at radius 2 is 2.11 bits per heavy atom. The third-order valence-corrected chi connectivity index (χ3v) is 4.04. The Morgan fingerprint density at radius 1 is 1.47 bits per heavy atom. The Kier molecular flexibility index (Phi) is 4.90. The van der Waals surface area contributed by atoms with Gasteiger partial charge < -0.3 is 11.1 Å². The first-order chi connectivity index (χ1) is 8.82. The van der Waals surface area contributed by atoms with Gasteiger partial charge in [-0.2, -0.15) is 5.10 Å². The number of hydrogen-bond donors (Lipinski definition) is 3. The molecule has 0 bridgehead atoms. The lowest BCUT2D eigenvalue weighted by Crippen LogP contribution is -2.34. The molecule has 0 radical (unpaired) electrons. The van der Waals surface area contributed by atoms with E-state index < -0.39 is 15.9 Å². The minimum absolute atomic E-state index is 0.00802. The minimum Gasteiger partial charge on any atom is -0.395 e. The van der Waals surface area contributed by atoms with Gasteiger partial charge in [-0.1, -0.05) is 6.92 Å². The second-order valence-electron chi connectivity index (χ2n) is 3.97. The summed E-state index contributed by atoms with van der Waals surface area (Å²) in [6.07, 6.45) is 0.626. The van der Waals surface area contributed by atoms with Gasteiger partial charge in [-0.05, 0) is 13.5 Å². The Balaban J connectivity index is 2.72. The van der Waals surface area contributed by atoms with Crippen molar-refractivity contribution in [1.29, 1.82) is 0 Å². The van der Waals surface area contributed by atoms with Crippen molar-refractivity contribution in [2.24, 2.45) is 7.05 Å². The SMILES string of the molecule is CCc1nn(C)c(C(=O)NCCS(=O)(=O)NC)c1N. The molecule has 0 aliphatic carbocycles. The quantitative estimate of drug-likeness (QED) is 0.610. The minimum atomic E-state index is -3.34. The van der Waals surface area contributed by atoms with Gasteiger partial charge in [0.1, 0.15) is 5.69 Å².